The summed E-state index contributed by atoms with van der Waals surface area (Å²) in [6.07, 6.45) is 2.45. The molecule has 2 unspecified atom stereocenters. The lowest BCUT2D eigenvalue weighted by molar-refractivity contribution is -0.142. The van der Waals surface area contributed by atoms with E-state index in [0.29, 0.717) is 16.8 Å². The first-order valence-electron chi connectivity index (χ1n) is 8.77. The van der Waals surface area contributed by atoms with Gasteiger partial charge in [0.25, 0.3) is 5.91 Å². The number of carbonyl (C=O) groups is 3. The summed E-state index contributed by atoms with van der Waals surface area (Å²) in [5.74, 6) is -2.29. The number of benzene rings is 1. The number of aliphatic carboxylic acids is 1. The molecule has 158 valence electrons. The van der Waals surface area contributed by atoms with Gasteiger partial charge in [-0.2, -0.15) is 0 Å². The maximum Gasteiger partial charge on any atom is 0.321 e. The van der Waals surface area contributed by atoms with E-state index >= 15 is 0 Å². The van der Waals surface area contributed by atoms with Crippen LogP contribution < -0.4 is 21.7 Å². The summed E-state index contributed by atoms with van der Waals surface area (Å²) in [7, 11) is 0. The average Bonchev–Trinajstić information content (AvgIpc) is 2.67. The molecule has 2 aromatic rings. The molecule has 0 aliphatic heterocycles. The number of nitrogen functional groups attached to an aromatic ring is 1. The fraction of sp³-hybridized carbons (Fsp3) is 0.211. The summed E-state index contributed by atoms with van der Waals surface area (Å²) < 4.78 is 0. The van der Waals surface area contributed by atoms with Crippen molar-refractivity contribution >= 4 is 29.4 Å². The van der Waals surface area contributed by atoms with Crippen molar-refractivity contribution in [1.29, 1.82) is 5.41 Å². The van der Waals surface area contributed by atoms with Crippen molar-refractivity contribution < 1.29 is 24.6 Å². The highest BCUT2D eigenvalue weighted by molar-refractivity contribution is 5.97. The molecule has 2 rings (SSSR count). The lowest BCUT2D eigenvalue weighted by Crippen LogP contribution is -2.58. The van der Waals surface area contributed by atoms with Crippen LogP contribution in [-0.2, 0) is 9.59 Å². The van der Waals surface area contributed by atoms with E-state index in [1.807, 2.05) is 0 Å². The van der Waals surface area contributed by atoms with Crippen LogP contribution in [0.4, 0.5) is 10.5 Å². The molecule has 30 heavy (non-hydrogen) atoms. The van der Waals surface area contributed by atoms with Crippen LogP contribution in [0, 0.1) is 5.41 Å². The topological polar surface area (TPSA) is 191 Å². The number of rotatable bonds is 8. The maximum absolute atomic E-state index is 12.5. The third-order valence-corrected chi connectivity index (χ3v) is 4.02. The number of nitrogens with one attached hydrogen (secondary N) is 4. The quantitative estimate of drug-likeness (QED) is 0.186. The van der Waals surface area contributed by atoms with Crippen molar-refractivity contribution in [2.45, 2.75) is 25.1 Å². The largest absolute Gasteiger partial charge is 0.481 e. The monoisotopic (exact) mass is 414 g/mol. The highest BCUT2D eigenvalue weighted by Gasteiger charge is 2.34. The molecule has 0 saturated carbocycles. The molecular formula is C19H22N6O5. The maximum atomic E-state index is 12.5. The van der Waals surface area contributed by atoms with Gasteiger partial charge in [-0.25, -0.2) is 4.79 Å². The van der Waals surface area contributed by atoms with Crippen molar-refractivity contribution in [3.63, 3.8) is 0 Å². The molecule has 3 amide bonds. The molecule has 0 aliphatic carbocycles. The van der Waals surface area contributed by atoms with E-state index in [4.69, 9.17) is 16.2 Å². The van der Waals surface area contributed by atoms with Gasteiger partial charge in [-0.1, -0.05) is 6.07 Å². The Labute approximate surface area is 171 Å². The van der Waals surface area contributed by atoms with E-state index in [-0.39, 0.29) is 5.84 Å². The summed E-state index contributed by atoms with van der Waals surface area (Å²) in [5.41, 5.74) is 4.26. The lowest BCUT2D eigenvalue weighted by atomic mass is 10.0. The molecule has 0 radical (unpaired) electrons. The Hall–Kier alpha value is -3.99. The highest BCUT2D eigenvalue weighted by Crippen LogP contribution is 2.17. The predicted octanol–water partition coefficient (Wildman–Crippen LogP) is 0.528. The summed E-state index contributed by atoms with van der Waals surface area (Å²) in [5, 5.41) is 33.8. The average molecular weight is 414 g/mol. The molecule has 0 bridgehead atoms. The predicted molar refractivity (Wildman–Crippen MR) is 108 cm³/mol. The van der Waals surface area contributed by atoms with Crippen molar-refractivity contribution in [3.8, 4) is 0 Å². The second kappa shape index (κ2) is 9.47. The first-order chi connectivity index (χ1) is 14.1. The van der Waals surface area contributed by atoms with E-state index in [0.717, 1.165) is 6.92 Å². The minimum atomic E-state index is -2.33. The van der Waals surface area contributed by atoms with E-state index in [1.165, 1.54) is 36.7 Å². The minimum Gasteiger partial charge on any atom is -0.481 e. The number of amidine groups is 1. The molecule has 0 saturated heterocycles. The van der Waals surface area contributed by atoms with Gasteiger partial charge >= 0.3 is 12.0 Å². The third kappa shape index (κ3) is 6.27. The van der Waals surface area contributed by atoms with E-state index in [9.17, 15) is 19.5 Å². The number of aliphatic hydroxyl groups is 1. The number of carboxylic acids is 1. The summed E-state index contributed by atoms with van der Waals surface area (Å²) in [4.78, 5) is 39.6. The second-order valence-electron chi connectivity index (χ2n) is 6.55. The fourth-order valence-electron chi connectivity index (χ4n) is 2.48. The highest BCUT2D eigenvalue weighted by atomic mass is 16.4. The van der Waals surface area contributed by atoms with Crippen molar-refractivity contribution in [2.75, 3.05) is 5.32 Å². The Kier molecular flexibility index (Phi) is 7.04. The van der Waals surface area contributed by atoms with Crippen LogP contribution in [0.2, 0.25) is 0 Å². The normalized spacial score (nSPS) is 13.4. The van der Waals surface area contributed by atoms with E-state index < -0.39 is 36.1 Å². The van der Waals surface area contributed by atoms with Gasteiger partial charge in [-0.15, -0.1) is 0 Å². The number of carboxylic acid groups (broad SMARTS) is 1. The number of hydrogen-bond donors (Lipinski definition) is 7. The molecule has 11 heteroatoms. The fourth-order valence-corrected chi connectivity index (χ4v) is 2.48. The van der Waals surface area contributed by atoms with Gasteiger partial charge in [0, 0.05) is 23.6 Å². The molecule has 0 fully saturated rings. The Morgan fingerprint density at radius 1 is 1.23 bits per heavy atom. The van der Waals surface area contributed by atoms with Crippen LogP contribution in [0.5, 0.6) is 0 Å². The number of anilines is 1. The number of hydrogen-bond acceptors (Lipinski definition) is 6. The number of carbonyl (C=O) groups excluding carboxylic acids is 2. The zero-order chi connectivity index (χ0) is 22.3. The molecule has 1 aromatic heterocycles. The van der Waals surface area contributed by atoms with Gasteiger partial charge in [0.15, 0.2) is 0 Å². The van der Waals surface area contributed by atoms with Crippen molar-refractivity contribution in [2.24, 2.45) is 5.73 Å². The van der Waals surface area contributed by atoms with Crippen LogP contribution in [0.15, 0.2) is 48.8 Å². The van der Waals surface area contributed by atoms with E-state index in [2.05, 4.69) is 20.9 Å². The number of urea groups is 1. The smallest absolute Gasteiger partial charge is 0.321 e. The second-order valence-corrected chi connectivity index (χ2v) is 6.55. The summed E-state index contributed by atoms with van der Waals surface area (Å²) in [6.45, 7) is 1.06. The summed E-state index contributed by atoms with van der Waals surface area (Å²) in [6, 6.07) is 7.37. The van der Waals surface area contributed by atoms with Crippen LogP contribution in [0.1, 0.15) is 30.5 Å². The summed E-state index contributed by atoms with van der Waals surface area (Å²) >= 11 is 0. The standard InChI is InChI=1S/C19H22N6O5/c1-19(30,25-18(29)23-13-6-4-11(5-7-13)16(20)21)17(28)24-14(9-15(26)27)12-3-2-8-22-10-12/h2-8,10,14,30H,9H2,1H3,(H3,20,21)(H,24,28)(H,26,27)(H2,23,25,29). The number of pyridine rings is 1. The molecule has 11 nitrogen and oxygen atoms in total. The Morgan fingerprint density at radius 2 is 1.90 bits per heavy atom. The van der Waals surface area contributed by atoms with Gasteiger partial charge in [0.05, 0.1) is 12.5 Å². The van der Waals surface area contributed by atoms with Gasteiger partial charge in [0.1, 0.15) is 5.84 Å². The first-order valence-corrected chi connectivity index (χ1v) is 8.77. The third-order valence-electron chi connectivity index (χ3n) is 4.02. The zero-order valence-corrected chi connectivity index (χ0v) is 16.0. The van der Waals surface area contributed by atoms with Gasteiger partial charge < -0.3 is 31.9 Å². The SMILES string of the molecule is CC(O)(NC(=O)Nc1ccc(C(=N)N)cc1)C(=O)NC(CC(=O)O)c1cccnc1. The zero-order valence-electron chi connectivity index (χ0n) is 16.0. The molecule has 8 N–H and O–H groups in total. The molecule has 1 aromatic carbocycles. The van der Waals surface area contributed by atoms with Crippen LogP contribution in [-0.4, -0.2) is 44.7 Å². The van der Waals surface area contributed by atoms with E-state index in [1.54, 1.807) is 12.1 Å². The number of aromatic nitrogens is 1. The van der Waals surface area contributed by atoms with Gasteiger partial charge in [-0.3, -0.25) is 20.0 Å². The molecule has 0 spiro atoms. The Bertz CT molecular complexity index is 930. The van der Waals surface area contributed by atoms with Crippen LogP contribution in [0.3, 0.4) is 0 Å². The molecule has 1 heterocycles. The van der Waals surface area contributed by atoms with Crippen molar-refractivity contribution in [3.05, 3.63) is 59.9 Å². The number of nitrogens with two attached hydrogens (primary N) is 1. The molecule has 0 aliphatic rings. The van der Waals surface area contributed by atoms with Gasteiger partial charge in [0.2, 0.25) is 5.72 Å². The molecular weight excluding hydrogens is 392 g/mol. The Balaban J connectivity index is 2.03. The molecule has 2 atom stereocenters. The van der Waals surface area contributed by atoms with Crippen LogP contribution >= 0.6 is 0 Å². The van der Waals surface area contributed by atoms with Crippen LogP contribution in [0.25, 0.3) is 0 Å². The number of amides is 3. The Morgan fingerprint density at radius 3 is 2.43 bits per heavy atom. The first kappa shape index (κ1) is 22.3. The number of nitrogens with zero attached hydrogens (tertiary/aromatic N) is 1. The van der Waals surface area contributed by atoms with Crippen molar-refractivity contribution in [1.82, 2.24) is 15.6 Å². The minimum absolute atomic E-state index is 0.130. The van der Waals surface area contributed by atoms with Gasteiger partial charge in [-0.05, 0) is 42.8 Å². The lowest BCUT2D eigenvalue weighted by Gasteiger charge is -2.26.